The Morgan fingerprint density at radius 1 is 1.00 bits per heavy atom. The van der Waals surface area contributed by atoms with Crippen LogP contribution in [0.3, 0.4) is 0 Å². The fraction of sp³-hybridized carbons (Fsp3) is 0.333. The summed E-state index contributed by atoms with van der Waals surface area (Å²) in [6, 6.07) is 17.1. The average Bonchev–Trinajstić information content (AvgIpc) is 2.97. The summed E-state index contributed by atoms with van der Waals surface area (Å²) in [5.41, 5.74) is 3.45. The molecule has 1 fully saturated rings. The molecule has 1 aliphatic heterocycles. The first-order valence-electron chi connectivity index (χ1n) is 8.53. The van der Waals surface area contributed by atoms with Crippen LogP contribution in [0.4, 0.5) is 0 Å². The lowest BCUT2D eigenvalue weighted by Gasteiger charge is -2.20. The molecule has 3 nitrogen and oxygen atoms in total. The van der Waals surface area contributed by atoms with E-state index in [4.69, 9.17) is 0 Å². The van der Waals surface area contributed by atoms with Gasteiger partial charge < -0.3 is 0 Å². The van der Waals surface area contributed by atoms with Crippen molar-refractivity contribution in [1.82, 2.24) is 4.31 Å². The van der Waals surface area contributed by atoms with Gasteiger partial charge in [-0.05, 0) is 28.7 Å². The first kappa shape index (κ1) is 17.9. The van der Waals surface area contributed by atoms with Gasteiger partial charge in [-0.1, -0.05) is 75.4 Å². The minimum atomic E-state index is -3.47. The van der Waals surface area contributed by atoms with Crippen molar-refractivity contribution < 1.29 is 8.42 Å². The predicted octanol–water partition coefficient (Wildman–Crippen LogP) is 4.33. The van der Waals surface area contributed by atoms with Gasteiger partial charge in [0.1, 0.15) is 0 Å². The van der Waals surface area contributed by atoms with Crippen LogP contribution < -0.4 is 0 Å². The van der Waals surface area contributed by atoms with Crippen molar-refractivity contribution in [1.29, 1.82) is 0 Å². The summed E-state index contributed by atoms with van der Waals surface area (Å²) in [4.78, 5) is 0.339. The van der Waals surface area contributed by atoms with E-state index in [0.717, 1.165) is 11.1 Å². The molecule has 1 saturated heterocycles. The summed E-state index contributed by atoms with van der Waals surface area (Å²) < 4.78 is 27.2. The third-order valence-electron chi connectivity index (χ3n) is 4.82. The van der Waals surface area contributed by atoms with Crippen molar-refractivity contribution in [3.8, 4) is 0 Å². The van der Waals surface area contributed by atoms with Crippen molar-refractivity contribution in [3.63, 3.8) is 0 Å². The molecule has 0 aliphatic carbocycles. The van der Waals surface area contributed by atoms with Gasteiger partial charge in [0.2, 0.25) is 10.0 Å². The number of benzene rings is 2. The van der Waals surface area contributed by atoms with Gasteiger partial charge in [0.05, 0.1) is 4.90 Å². The van der Waals surface area contributed by atoms with Crippen LogP contribution in [0.2, 0.25) is 0 Å². The molecule has 1 atom stereocenters. The maximum atomic E-state index is 12.8. The summed E-state index contributed by atoms with van der Waals surface area (Å²) in [6.07, 6.45) is 0. The molecule has 0 bridgehead atoms. The summed E-state index contributed by atoms with van der Waals surface area (Å²) >= 11 is 0. The highest BCUT2D eigenvalue weighted by atomic mass is 32.2. The van der Waals surface area contributed by atoms with E-state index in [9.17, 15) is 8.42 Å². The van der Waals surface area contributed by atoms with Crippen LogP contribution in [0, 0.1) is 0 Å². The molecule has 0 aromatic heterocycles. The molecule has 1 heterocycles. The Bertz CT molecular complexity index is 862. The van der Waals surface area contributed by atoms with Crippen molar-refractivity contribution >= 4 is 10.0 Å². The Balaban J connectivity index is 1.84. The monoisotopic (exact) mass is 355 g/mol. The van der Waals surface area contributed by atoms with Crippen molar-refractivity contribution in [2.45, 2.75) is 37.0 Å². The zero-order valence-electron chi connectivity index (χ0n) is 15.1. The van der Waals surface area contributed by atoms with E-state index in [-0.39, 0.29) is 11.3 Å². The van der Waals surface area contributed by atoms with E-state index in [2.05, 4.69) is 51.6 Å². The molecule has 2 aromatic rings. The van der Waals surface area contributed by atoms with Gasteiger partial charge in [0.25, 0.3) is 0 Å². The van der Waals surface area contributed by atoms with Crippen molar-refractivity contribution in [2.24, 2.45) is 0 Å². The normalized spacial score (nSPS) is 19.3. The molecule has 132 valence electrons. The van der Waals surface area contributed by atoms with Crippen molar-refractivity contribution in [3.05, 3.63) is 77.9 Å². The summed E-state index contributed by atoms with van der Waals surface area (Å²) in [5.74, 6) is 0.0486. The number of hydrogen-bond acceptors (Lipinski definition) is 2. The molecule has 0 saturated carbocycles. The quantitative estimate of drug-likeness (QED) is 0.769. The van der Waals surface area contributed by atoms with Gasteiger partial charge in [-0.15, -0.1) is 0 Å². The zero-order chi connectivity index (χ0) is 18.2. The molecule has 25 heavy (non-hydrogen) atoms. The fourth-order valence-electron chi connectivity index (χ4n) is 3.22. The summed E-state index contributed by atoms with van der Waals surface area (Å²) in [5, 5.41) is 0. The molecule has 0 amide bonds. The van der Waals surface area contributed by atoms with Gasteiger partial charge in [0, 0.05) is 19.0 Å². The molecule has 0 radical (unpaired) electrons. The number of sulfonamides is 1. The second-order valence-electron chi connectivity index (χ2n) is 7.69. The standard InChI is InChI=1S/C21H25NO2S/c1-16-14-22(25(23,24)19-8-6-5-7-9-19)15-20(16)17-10-12-18(13-11-17)21(2,3)4/h5-13,20H,1,14-15H2,2-4H3. The fourth-order valence-corrected chi connectivity index (χ4v) is 4.70. The molecule has 0 spiro atoms. The number of rotatable bonds is 3. The minimum Gasteiger partial charge on any atom is -0.207 e. The summed E-state index contributed by atoms with van der Waals surface area (Å²) in [7, 11) is -3.47. The molecule has 0 N–H and O–H groups in total. The minimum absolute atomic E-state index is 0.0486. The third kappa shape index (κ3) is 3.55. The van der Waals surface area contributed by atoms with Crippen LogP contribution in [0.25, 0.3) is 0 Å². The van der Waals surface area contributed by atoms with E-state index < -0.39 is 10.0 Å². The maximum absolute atomic E-state index is 12.8. The molecular weight excluding hydrogens is 330 g/mol. The lowest BCUT2D eigenvalue weighted by atomic mass is 9.85. The molecule has 3 rings (SSSR count). The van der Waals surface area contributed by atoms with Gasteiger partial charge in [-0.3, -0.25) is 0 Å². The highest BCUT2D eigenvalue weighted by Crippen LogP contribution is 2.35. The Kier molecular flexibility index (Phi) is 4.60. The molecule has 1 unspecified atom stereocenters. The van der Waals surface area contributed by atoms with Gasteiger partial charge >= 0.3 is 0 Å². The Labute approximate surface area is 151 Å². The average molecular weight is 356 g/mol. The first-order valence-corrected chi connectivity index (χ1v) is 9.97. The van der Waals surface area contributed by atoms with E-state index in [1.807, 2.05) is 6.07 Å². The highest BCUT2D eigenvalue weighted by molar-refractivity contribution is 7.89. The maximum Gasteiger partial charge on any atom is 0.243 e. The molecule has 2 aromatic carbocycles. The Hall–Kier alpha value is -1.91. The topological polar surface area (TPSA) is 37.4 Å². The lowest BCUT2D eigenvalue weighted by molar-refractivity contribution is 0.474. The van der Waals surface area contributed by atoms with Crippen LogP contribution in [0.15, 0.2) is 71.6 Å². The zero-order valence-corrected chi connectivity index (χ0v) is 15.9. The highest BCUT2D eigenvalue weighted by Gasteiger charge is 2.35. The molecule has 4 heteroatoms. The van der Waals surface area contributed by atoms with Crippen LogP contribution in [0.1, 0.15) is 37.8 Å². The van der Waals surface area contributed by atoms with E-state index in [0.29, 0.717) is 18.0 Å². The second-order valence-corrected chi connectivity index (χ2v) is 9.63. The SMILES string of the molecule is C=C1CN(S(=O)(=O)c2ccccc2)CC1c1ccc(C(C)(C)C)cc1. The molecular formula is C21H25NO2S. The van der Waals surface area contributed by atoms with E-state index in [1.165, 1.54) is 9.87 Å². The molecule has 1 aliphatic rings. The second kappa shape index (κ2) is 6.43. The summed E-state index contributed by atoms with van der Waals surface area (Å²) in [6.45, 7) is 11.5. The van der Waals surface area contributed by atoms with E-state index in [1.54, 1.807) is 24.3 Å². The van der Waals surface area contributed by atoms with Crippen LogP contribution in [0.5, 0.6) is 0 Å². The van der Waals surface area contributed by atoms with Gasteiger partial charge in [0.15, 0.2) is 0 Å². The lowest BCUT2D eigenvalue weighted by Crippen LogP contribution is -2.28. The van der Waals surface area contributed by atoms with Crippen LogP contribution in [-0.4, -0.2) is 25.8 Å². The van der Waals surface area contributed by atoms with E-state index >= 15 is 0 Å². The number of nitrogens with zero attached hydrogens (tertiary/aromatic N) is 1. The predicted molar refractivity (Wildman–Crippen MR) is 102 cm³/mol. The third-order valence-corrected chi connectivity index (χ3v) is 6.64. The Morgan fingerprint density at radius 3 is 2.16 bits per heavy atom. The van der Waals surface area contributed by atoms with Crippen LogP contribution in [-0.2, 0) is 15.4 Å². The Morgan fingerprint density at radius 2 is 1.60 bits per heavy atom. The smallest absolute Gasteiger partial charge is 0.207 e. The first-order chi connectivity index (χ1) is 11.7. The number of hydrogen-bond donors (Lipinski definition) is 0. The van der Waals surface area contributed by atoms with Crippen molar-refractivity contribution in [2.75, 3.05) is 13.1 Å². The van der Waals surface area contributed by atoms with Crippen LogP contribution >= 0.6 is 0 Å². The largest absolute Gasteiger partial charge is 0.243 e. The van der Waals surface area contributed by atoms with Gasteiger partial charge in [-0.25, -0.2) is 8.42 Å². The van der Waals surface area contributed by atoms with Gasteiger partial charge in [-0.2, -0.15) is 4.31 Å².